The number of amides is 1. The zero-order chi connectivity index (χ0) is 21.6. The van der Waals surface area contributed by atoms with Crippen LogP contribution in [-0.4, -0.2) is 22.8 Å². The number of fused-ring (bicyclic) bond motifs is 3. The van der Waals surface area contributed by atoms with Crippen molar-refractivity contribution < 1.29 is 9.53 Å². The van der Waals surface area contributed by atoms with E-state index in [1.54, 1.807) is 0 Å². The van der Waals surface area contributed by atoms with Crippen molar-refractivity contribution in [1.82, 2.24) is 9.99 Å². The highest BCUT2D eigenvalue weighted by molar-refractivity contribution is 6.08. The van der Waals surface area contributed by atoms with Crippen LogP contribution < -0.4 is 10.2 Å². The molecule has 0 fully saturated rings. The first-order valence-corrected chi connectivity index (χ1v) is 10.8. The van der Waals surface area contributed by atoms with Crippen molar-refractivity contribution in [3.05, 3.63) is 78.4 Å². The van der Waals surface area contributed by atoms with Crippen molar-refractivity contribution in [1.29, 1.82) is 0 Å². The molecule has 3 aromatic carbocycles. The Kier molecular flexibility index (Phi) is 6.32. The first-order chi connectivity index (χ1) is 15.2. The molecule has 1 amide bonds. The third kappa shape index (κ3) is 4.45. The highest BCUT2D eigenvalue weighted by atomic mass is 16.5. The number of benzene rings is 3. The van der Waals surface area contributed by atoms with Gasteiger partial charge in [-0.05, 0) is 55.3 Å². The number of nitrogens with one attached hydrogen (secondary N) is 1. The summed E-state index contributed by atoms with van der Waals surface area (Å²) in [6.07, 6.45) is 1.08. The summed E-state index contributed by atoms with van der Waals surface area (Å²) in [6.45, 7) is 5.22. The lowest BCUT2D eigenvalue weighted by atomic mass is 10.1. The van der Waals surface area contributed by atoms with Crippen LogP contribution in [-0.2, 0) is 11.3 Å². The van der Waals surface area contributed by atoms with Gasteiger partial charge in [0.2, 0.25) is 5.91 Å². The molecule has 0 aliphatic carbocycles. The van der Waals surface area contributed by atoms with Gasteiger partial charge in [0.05, 0.1) is 12.3 Å². The van der Waals surface area contributed by atoms with Crippen LogP contribution in [0.25, 0.3) is 21.8 Å². The Hall–Kier alpha value is -3.60. The highest BCUT2D eigenvalue weighted by Gasteiger charge is 2.11. The monoisotopic (exact) mass is 413 g/mol. The van der Waals surface area contributed by atoms with Crippen LogP contribution in [0.5, 0.6) is 5.75 Å². The molecule has 31 heavy (non-hydrogen) atoms. The van der Waals surface area contributed by atoms with Crippen LogP contribution in [0.2, 0.25) is 0 Å². The van der Waals surface area contributed by atoms with E-state index in [-0.39, 0.29) is 5.91 Å². The fourth-order valence-corrected chi connectivity index (χ4v) is 3.90. The van der Waals surface area contributed by atoms with Gasteiger partial charge in [0.1, 0.15) is 5.75 Å². The van der Waals surface area contributed by atoms with E-state index >= 15 is 0 Å². The Labute approximate surface area is 182 Å². The molecule has 1 aromatic heterocycles. The molecule has 0 atom stereocenters. The van der Waals surface area contributed by atoms with Gasteiger partial charge in [-0.3, -0.25) is 4.79 Å². The lowest BCUT2D eigenvalue weighted by molar-refractivity contribution is -0.121. The predicted molar refractivity (Wildman–Crippen MR) is 127 cm³/mol. The average molecular weight is 414 g/mol. The van der Waals surface area contributed by atoms with Gasteiger partial charge in [-0.2, -0.15) is 5.10 Å². The maximum Gasteiger partial charge on any atom is 0.241 e. The summed E-state index contributed by atoms with van der Waals surface area (Å²) in [5, 5.41) is 6.80. The molecule has 4 rings (SSSR count). The normalized spacial score (nSPS) is 11.7. The van der Waals surface area contributed by atoms with Crippen molar-refractivity contribution >= 4 is 33.4 Å². The molecule has 4 aromatic rings. The van der Waals surface area contributed by atoms with Gasteiger partial charge in [-0.25, -0.2) is 5.43 Å². The zero-order valence-corrected chi connectivity index (χ0v) is 18.0. The number of nitrogens with zero attached hydrogens (tertiary/aromatic N) is 2. The van der Waals surface area contributed by atoms with Crippen molar-refractivity contribution in [3.63, 3.8) is 0 Å². The number of aromatic nitrogens is 1. The number of ether oxygens (including phenoxy) is 1. The van der Waals surface area contributed by atoms with Crippen molar-refractivity contribution in [2.24, 2.45) is 5.10 Å². The van der Waals surface area contributed by atoms with Crippen LogP contribution in [0, 0.1) is 0 Å². The van der Waals surface area contributed by atoms with E-state index in [1.165, 1.54) is 10.8 Å². The number of hydrogen-bond donors (Lipinski definition) is 1. The third-order valence-corrected chi connectivity index (χ3v) is 5.39. The number of hydrazone groups is 1. The van der Waals surface area contributed by atoms with Crippen LogP contribution >= 0.6 is 0 Å². The predicted octanol–water partition coefficient (Wildman–Crippen LogP) is 5.51. The highest BCUT2D eigenvalue weighted by Crippen LogP contribution is 2.28. The molecule has 0 aliphatic rings. The maximum atomic E-state index is 12.5. The summed E-state index contributed by atoms with van der Waals surface area (Å²) in [5.41, 5.74) is 6.84. The summed E-state index contributed by atoms with van der Waals surface area (Å²) in [6, 6.07) is 24.4. The summed E-state index contributed by atoms with van der Waals surface area (Å²) >= 11 is 0. The van der Waals surface area contributed by atoms with Gasteiger partial charge in [-0.1, -0.05) is 43.3 Å². The van der Waals surface area contributed by atoms with E-state index in [9.17, 15) is 4.79 Å². The first kappa shape index (κ1) is 20.7. The molecule has 5 nitrogen and oxygen atoms in total. The molecule has 0 aliphatic heterocycles. The summed E-state index contributed by atoms with van der Waals surface area (Å²) in [4.78, 5) is 12.5. The zero-order valence-electron chi connectivity index (χ0n) is 18.0. The number of carbonyl (C=O) groups is 1. The summed E-state index contributed by atoms with van der Waals surface area (Å²) < 4.78 is 7.70. The Balaban J connectivity index is 1.46. The van der Waals surface area contributed by atoms with E-state index in [0.29, 0.717) is 19.6 Å². The Morgan fingerprint density at radius 2 is 1.52 bits per heavy atom. The number of rotatable bonds is 8. The standard InChI is InChI=1S/C26H27N3O2/c1-3-23(19-13-15-20(16-14-19)31-4-2)27-28-26(30)17-18-29-24-11-7-5-9-21(24)22-10-6-8-12-25(22)29/h5-16H,3-4,17-18H2,1-2H3,(H,28,30)/b27-23-. The van der Waals surface area contributed by atoms with Crippen LogP contribution in [0.1, 0.15) is 32.3 Å². The van der Waals surface area contributed by atoms with Crippen LogP contribution in [0.15, 0.2) is 77.9 Å². The average Bonchev–Trinajstić information content (AvgIpc) is 3.13. The fraction of sp³-hybridized carbons (Fsp3) is 0.231. The Bertz CT molecular complexity index is 1170. The fourth-order valence-electron chi connectivity index (χ4n) is 3.90. The third-order valence-electron chi connectivity index (χ3n) is 5.39. The molecular formula is C26H27N3O2. The van der Waals surface area contributed by atoms with Crippen molar-refractivity contribution in [2.45, 2.75) is 33.2 Å². The van der Waals surface area contributed by atoms with E-state index in [0.717, 1.165) is 34.5 Å². The number of carbonyl (C=O) groups excluding carboxylic acids is 1. The molecule has 0 bridgehead atoms. The second-order valence-electron chi connectivity index (χ2n) is 7.34. The molecular weight excluding hydrogens is 386 g/mol. The minimum absolute atomic E-state index is 0.0984. The second kappa shape index (κ2) is 9.47. The van der Waals surface area contributed by atoms with Crippen LogP contribution in [0.4, 0.5) is 0 Å². The molecule has 0 spiro atoms. The van der Waals surface area contributed by atoms with Crippen LogP contribution in [0.3, 0.4) is 0 Å². The van der Waals surface area contributed by atoms with E-state index in [4.69, 9.17) is 4.74 Å². The lowest BCUT2D eigenvalue weighted by Gasteiger charge is -2.09. The quantitative estimate of drug-likeness (QED) is 0.306. The molecule has 158 valence electrons. The molecule has 5 heteroatoms. The van der Waals surface area contributed by atoms with Gasteiger partial charge in [0.25, 0.3) is 0 Å². The number of hydrogen-bond acceptors (Lipinski definition) is 3. The minimum Gasteiger partial charge on any atom is -0.494 e. The van der Waals surface area contributed by atoms with E-state index in [2.05, 4.69) is 39.4 Å². The maximum absolute atomic E-state index is 12.5. The van der Waals surface area contributed by atoms with Gasteiger partial charge in [0.15, 0.2) is 0 Å². The number of para-hydroxylation sites is 2. The van der Waals surface area contributed by atoms with Gasteiger partial charge in [-0.15, -0.1) is 0 Å². The summed E-state index contributed by atoms with van der Waals surface area (Å²) in [7, 11) is 0. The van der Waals surface area contributed by atoms with Gasteiger partial charge < -0.3 is 9.30 Å². The smallest absolute Gasteiger partial charge is 0.241 e. The number of aryl methyl sites for hydroxylation is 1. The molecule has 0 saturated carbocycles. The van der Waals surface area contributed by atoms with Gasteiger partial charge in [0, 0.05) is 34.8 Å². The van der Waals surface area contributed by atoms with Crippen molar-refractivity contribution in [3.8, 4) is 5.75 Å². The largest absolute Gasteiger partial charge is 0.494 e. The topological polar surface area (TPSA) is 55.6 Å². The second-order valence-corrected chi connectivity index (χ2v) is 7.34. The van der Waals surface area contributed by atoms with E-state index in [1.807, 2.05) is 62.4 Å². The molecule has 1 heterocycles. The van der Waals surface area contributed by atoms with Crippen molar-refractivity contribution in [2.75, 3.05) is 6.61 Å². The first-order valence-electron chi connectivity index (χ1n) is 10.8. The summed E-state index contributed by atoms with van der Waals surface area (Å²) in [5.74, 6) is 0.732. The molecule has 1 N–H and O–H groups in total. The Morgan fingerprint density at radius 1 is 0.903 bits per heavy atom. The lowest BCUT2D eigenvalue weighted by Crippen LogP contribution is -2.21. The van der Waals surface area contributed by atoms with E-state index < -0.39 is 0 Å². The molecule has 0 radical (unpaired) electrons. The van der Waals surface area contributed by atoms with Gasteiger partial charge >= 0.3 is 0 Å². The molecule has 0 saturated heterocycles. The Morgan fingerprint density at radius 3 is 2.10 bits per heavy atom. The SMILES string of the molecule is CCOc1ccc(/C(CC)=N\NC(=O)CCn2c3ccccc3c3ccccc32)cc1. The molecule has 0 unspecified atom stereocenters. The minimum atomic E-state index is -0.0984.